The molecule has 5 atom stereocenters. The van der Waals surface area contributed by atoms with Crippen LogP contribution in [0.4, 0.5) is 0 Å². The molecule has 0 spiro atoms. The molecule has 2 aromatic heterocycles. The van der Waals surface area contributed by atoms with Gasteiger partial charge >= 0.3 is 0 Å². The number of rotatable bonds is 3. The Bertz CT molecular complexity index is 987. The van der Waals surface area contributed by atoms with E-state index in [1.807, 2.05) is 30.3 Å². The van der Waals surface area contributed by atoms with Crippen LogP contribution in [0.5, 0.6) is 0 Å². The number of benzene rings is 1. The third kappa shape index (κ3) is 2.29. The molecule has 5 rings (SSSR count). The first-order valence-corrected chi connectivity index (χ1v) is 8.28. The van der Waals surface area contributed by atoms with Crippen molar-refractivity contribution < 1.29 is 19.3 Å². The summed E-state index contributed by atoms with van der Waals surface area (Å²) in [5.41, 5.74) is 1.18. The minimum atomic E-state index is -0.606. The fourth-order valence-electron chi connectivity index (χ4n) is 3.52. The van der Waals surface area contributed by atoms with E-state index in [1.54, 1.807) is 4.57 Å². The van der Waals surface area contributed by atoms with Gasteiger partial charge in [-0.05, 0) is 0 Å². The van der Waals surface area contributed by atoms with E-state index >= 15 is 0 Å². The number of ether oxygens (including phenoxy) is 3. The van der Waals surface area contributed by atoms with Crippen molar-refractivity contribution in [3.05, 3.63) is 58.9 Å². The molecule has 134 valence electrons. The van der Waals surface area contributed by atoms with Crippen molar-refractivity contribution in [2.45, 2.75) is 30.8 Å². The van der Waals surface area contributed by atoms with Gasteiger partial charge in [-0.25, -0.2) is 9.97 Å². The van der Waals surface area contributed by atoms with Gasteiger partial charge in [-0.3, -0.25) is 9.36 Å². The topological polar surface area (TPSA) is 111 Å². The van der Waals surface area contributed by atoms with Crippen LogP contribution in [-0.4, -0.2) is 49.5 Å². The van der Waals surface area contributed by atoms with Crippen molar-refractivity contribution in [2.75, 3.05) is 6.61 Å². The summed E-state index contributed by atoms with van der Waals surface area (Å²) in [5, 5.41) is 9.69. The molecule has 0 bridgehead atoms. The number of aromatic amines is 1. The second-order valence-electron chi connectivity index (χ2n) is 6.25. The van der Waals surface area contributed by atoms with E-state index in [9.17, 15) is 9.90 Å². The van der Waals surface area contributed by atoms with Crippen molar-refractivity contribution in [1.29, 1.82) is 0 Å². The maximum atomic E-state index is 11.9. The van der Waals surface area contributed by atoms with Gasteiger partial charge in [0.05, 0.1) is 19.3 Å². The molecule has 26 heavy (non-hydrogen) atoms. The number of fused-ring (bicyclic) bond motifs is 2. The predicted octanol–water partition coefficient (Wildman–Crippen LogP) is 0.492. The summed E-state index contributed by atoms with van der Waals surface area (Å²) in [6, 6.07) is 9.58. The van der Waals surface area contributed by atoms with Gasteiger partial charge in [-0.1, -0.05) is 30.3 Å². The largest absolute Gasteiger partial charge is 0.394 e. The molecular formula is C17H16N4O5. The highest BCUT2D eigenvalue weighted by Gasteiger charge is 2.53. The minimum absolute atomic E-state index is 0.205. The molecule has 4 heterocycles. The van der Waals surface area contributed by atoms with Gasteiger partial charge in [-0.15, -0.1) is 0 Å². The fourth-order valence-corrected chi connectivity index (χ4v) is 3.52. The summed E-state index contributed by atoms with van der Waals surface area (Å²) in [6.45, 7) is -0.205. The van der Waals surface area contributed by atoms with Gasteiger partial charge in [0, 0.05) is 5.56 Å². The second-order valence-corrected chi connectivity index (χ2v) is 6.25. The standard InChI is InChI=1S/C17H16N4O5/c22-6-10-12-13(26-17(25-12)9-4-2-1-3-5-9)16(24-10)21-8-20-11-14(21)18-7-19-15(11)23/h1-5,7-8,10,12-13,16-17,22H,6H2,(H,18,19,23)/t10-,12-,13-,16-,17?/m1/s1. The number of hydrogen-bond donors (Lipinski definition) is 2. The summed E-state index contributed by atoms with van der Waals surface area (Å²) in [7, 11) is 0. The lowest BCUT2D eigenvalue weighted by atomic mass is 10.1. The third-order valence-corrected chi connectivity index (χ3v) is 4.74. The molecule has 2 aliphatic rings. The van der Waals surface area contributed by atoms with Crippen LogP contribution in [0.25, 0.3) is 11.2 Å². The fraction of sp³-hybridized carbons (Fsp3) is 0.353. The van der Waals surface area contributed by atoms with E-state index in [2.05, 4.69) is 15.0 Å². The number of aliphatic hydroxyl groups excluding tert-OH is 1. The molecular weight excluding hydrogens is 340 g/mol. The van der Waals surface area contributed by atoms with Crippen LogP contribution in [0.2, 0.25) is 0 Å². The molecule has 2 N–H and O–H groups in total. The van der Waals surface area contributed by atoms with Gasteiger partial charge in [0.2, 0.25) is 0 Å². The van der Waals surface area contributed by atoms with E-state index in [0.29, 0.717) is 5.65 Å². The molecule has 1 aromatic carbocycles. The van der Waals surface area contributed by atoms with Crippen LogP contribution in [-0.2, 0) is 14.2 Å². The van der Waals surface area contributed by atoms with Crippen LogP contribution < -0.4 is 5.56 Å². The molecule has 9 heteroatoms. The highest BCUT2D eigenvalue weighted by atomic mass is 16.8. The molecule has 0 amide bonds. The van der Waals surface area contributed by atoms with Crippen LogP contribution in [0.3, 0.4) is 0 Å². The highest BCUT2D eigenvalue weighted by molar-refractivity contribution is 5.68. The molecule has 2 saturated heterocycles. The second kappa shape index (κ2) is 5.99. The van der Waals surface area contributed by atoms with Crippen molar-refractivity contribution in [3.8, 4) is 0 Å². The number of aliphatic hydroxyl groups is 1. The Morgan fingerprint density at radius 2 is 1.92 bits per heavy atom. The predicted molar refractivity (Wildman–Crippen MR) is 88.1 cm³/mol. The van der Waals surface area contributed by atoms with Gasteiger partial charge in [0.1, 0.15) is 18.3 Å². The first-order chi connectivity index (χ1) is 12.8. The number of hydrogen-bond acceptors (Lipinski definition) is 7. The number of imidazole rings is 1. The van der Waals surface area contributed by atoms with Gasteiger partial charge in [-0.2, -0.15) is 0 Å². The quantitative estimate of drug-likeness (QED) is 0.702. The Morgan fingerprint density at radius 3 is 2.73 bits per heavy atom. The Kier molecular flexibility index (Phi) is 3.61. The zero-order chi connectivity index (χ0) is 17.7. The van der Waals surface area contributed by atoms with E-state index in [1.165, 1.54) is 12.7 Å². The molecule has 0 aliphatic carbocycles. The van der Waals surface area contributed by atoms with Crippen molar-refractivity contribution in [3.63, 3.8) is 0 Å². The monoisotopic (exact) mass is 356 g/mol. The highest BCUT2D eigenvalue weighted by Crippen LogP contribution is 2.44. The normalized spacial score (nSPS) is 30.7. The Morgan fingerprint density at radius 1 is 1.12 bits per heavy atom. The van der Waals surface area contributed by atoms with Crippen molar-refractivity contribution >= 4 is 11.2 Å². The Labute approximate surface area is 147 Å². The summed E-state index contributed by atoms with van der Waals surface area (Å²) in [6.07, 6.45) is 0.220. The van der Waals surface area contributed by atoms with E-state index in [-0.39, 0.29) is 17.7 Å². The van der Waals surface area contributed by atoms with Gasteiger partial charge < -0.3 is 24.3 Å². The molecule has 3 aromatic rings. The average Bonchev–Trinajstić information content (AvgIpc) is 3.36. The average molecular weight is 356 g/mol. The van der Waals surface area contributed by atoms with Crippen molar-refractivity contribution in [1.82, 2.24) is 19.5 Å². The van der Waals surface area contributed by atoms with Gasteiger partial charge in [0.15, 0.2) is 23.7 Å². The summed E-state index contributed by atoms with van der Waals surface area (Å²) < 4.78 is 19.7. The van der Waals surface area contributed by atoms with Crippen LogP contribution in [0.1, 0.15) is 18.1 Å². The maximum Gasteiger partial charge on any atom is 0.278 e. The number of nitrogens with one attached hydrogen (secondary N) is 1. The Hall–Kier alpha value is -2.59. The third-order valence-electron chi connectivity index (χ3n) is 4.74. The van der Waals surface area contributed by atoms with E-state index < -0.39 is 30.8 Å². The van der Waals surface area contributed by atoms with Crippen LogP contribution in [0.15, 0.2) is 47.8 Å². The zero-order valence-electron chi connectivity index (χ0n) is 13.6. The molecule has 1 unspecified atom stereocenters. The molecule has 9 nitrogen and oxygen atoms in total. The molecule has 2 fully saturated rings. The summed E-state index contributed by atoms with van der Waals surface area (Å²) >= 11 is 0. The lowest BCUT2D eigenvalue weighted by Crippen LogP contribution is -2.30. The minimum Gasteiger partial charge on any atom is -0.394 e. The van der Waals surface area contributed by atoms with Crippen LogP contribution in [0, 0.1) is 0 Å². The lowest BCUT2D eigenvalue weighted by molar-refractivity contribution is -0.153. The lowest BCUT2D eigenvalue weighted by Gasteiger charge is -2.20. The number of nitrogens with zero attached hydrogens (tertiary/aromatic N) is 3. The smallest absolute Gasteiger partial charge is 0.278 e. The summed E-state index contributed by atoms with van der Waals surface area (Å²) in [4.78, 5) is 22.7. The molecule has 2 aliphatic heterocycles. The number of aromatic nitrogens is 4. The number of H-pyrrole nitrogens is 1. The molecule has 0 saturated carbocycles. The molecule has 0 radical (unpaired) electrons. The summed E-state index contributed by atoms with van der Waals surface area (Å²) in [5.74, 6) is 0. The van der Waals surface area contributed by atoms with Crippen LogP contribution >= 0.6 is 0 Å². The first-order valence-electron chi connectivity index (χ1n) is 8.28. The zero-order valence-corrected chi connectivity index (χ0v) is 13.6. The van der Waals surface area contributed by atoms with E-state index in [0.717, 1.165) is 5.56 Å². The SMILES string of the molecule is O=c1[nH]cnc2c1ncn2[C@@H]1O[C@H](CO)[C@H]2OC(c3ccccc3)O[C@H]21. The first kappa shape index (κ1) is 15.6. The van der Waals surface area contributed by atoms with Gasteiger partial charge in [0.25, 0.3) is 5.56 Å². The van der Waals surface area contributed by atoms with Crippen molar-refractivity contribution in [2.24, 2.45) is 0 Å². The van der Waals surface area contributed by atoms with E-state index in [4.69, 9.17) is 14.2 Å². The Balaban J connectivity index is 1.52. The maximum absolute atomic E-state index is 11.9.